The quantitative estimate of drug-likeness (QED) is 0.686. The number of nitrogens with one attached hydrogen (secondary N) is 1. The number of allylic oxidation sites excluding steroid dienone is 2. The number of rotatable bonds is 1. The Morgan fingerprint density at radius 3 is 3.00 bits per heavy atom. The molecule has 0 saturated carbocycles. The lowest BCUT2D eigenvalue weighted by Gasteiger charge is -2.28. The number of hydrogen-bond donors (Lipinski definition) is 1. The number of carbonyl (C=O) groups excluding carboxylic acids is 1. The average molecular weight is 204 g/mol. The molecule has 0 aromatic rings. The van der Waals surface area contributed by atoms with Crippen LogP contribution in [-0.4, -0.2) is 36.0 Å². The Morgan fingerprint density at radius 2 is 2.40 bits per heavy atom. The third-order valence-corrected chi connectivity index (χ3v) is 3.56. The maximum Gasteiger partial charge on any atom is 0.253 e. The summed E-state index contributed by atoms with van der Waals surface area (Å²) < 4.78 is 0. The maximum atomic E-state index is 12.2. The molecule has 0 aromatic heterocycles. The molecule has 2 atom stereocenters. The van der Waals surface area contributed by atoms with Crippen LogP contribution in [0.4, 0.5) is 0 Å². The van der Waals surface area contributed by atoms with Crippen LogP contribution in [0.5, 0.6) is 0 Å². The molecule has 0 spiro atoms. The predicted octanol–water partition coefficient (Wildman–Crippen LogP) is 0.835. The summed E-state index contributed by atoms with van der Waals surface area (Å²) in [4.78, 5) is 14.2. The first-order valence-corrected chi connectivity index (χ1v) is 5.75. The summed E-state index contributed by atoms with van der Waals surface area (Å²) in [6.45, 7) is 1.88. The maximum absolute atomic E-state index is 12.2. The average Bonchev–Trinajstić information content (AvgIpc) is 2.91. The Hall–Kier alpha value is -1.09. The van der Waals surface area contributed by atoms with Gasteiger partial charge in [0.2, 0.25) is 0 Å². The summed E-state index contributed by atoms with van der Waals surface area (Å²) in [6.07, 6.45) is 9.37. The molecule has 0 radical (unpaired) electrons. The second-order valence-corrected chi connectivity index (χ2v) is 4.59. The van der Waals surface area contributed by atoms with E-state index >= 15 is 0 Å². The van der Waals surface area contributed by atoms with Gasteiger partial charge in [-0.2, -0.15) is 0 Å². The molecule has 3 aliphatic rings. The van der Waals surface area contributed by atoms with Crippen LogP contribution in [0.2, 0.25) is 0 Å². The van der Waals surface area contributed by atoms with E-state index in [2.05, 4.69) is 17.5 Å². The van der Waals surface area contributed by atoms with Crippen molar-refractivity contribution in [3.05, 3.63) is 23.8 Å². The van der Waals surface area contributed by atoms with Crippen molar-refractivity contribution in [3.63, 3.8) is 0 Å². The molecule has 1 amide bonds. The van der Waals surface area contributed by atoms with Gasteiger partial charge in [0.05, 0.1) is 0 Å². The molecular weight excluding hydrogens is 188 g/mol. The zero-order valence-corrected chi connectivity index (χ0v) is 8.78. The molecule has 3 nitrogen and oxygen atoms in total. The zero-order valence-electron chi connectivity index (χ0n) is 8.78. The van der Waals surface area contributed by atoms with Crippen LogP contribution >= 0.6 is 0 Å². The van der Waals surface area contributed by atoms with Gasteiger partial charge in [-0.05, 0) is 19.3 Å². The molecule has 2 saturated heterocycles. The number of hydrogen-bond acceptors (Lipinski definition) is 2. The topological polar surface area (TPSA) is 32.3 Å². The van der Waals surface area contributed by atoms with Gasteiger partial charge in [0, 0.05) is 30.7 Å². The van der Waals surface area contributed by atoms with E-state index in [0.29, 0.717) is 12.1 Å². The van der Waals surface area contributed by atoms with Crippen LogP contribution in [0.1, 0.15) is 19.3 Å². The summed E-state index contributed by atoms with van der Waals surface area (Å²) in [7, 11) is 0. The number of carbonyl (C=O) groups is 1. The summed E-state index contributed by atoms with van der Waals surface area (Å²) in [5.74, 6) is 0.236. The molecule has 0 unspecified atom stereocenters. The van der Waals surface area contributed by atoms with Crippen LogP contribution in [-0.2, 0) is 4.79 Å². The zero-order chi connectivity index (χ0) is 10.3. The van der Waals surface area contributed by atoms with Crippen LogP contribution in [0, 0.1) is 0 Å². The van der Waals surface area contributed by atoms with Gasteiger partial charge in [-0.3, -0.25) is 4.79 Å². The Labute approximate surface area is 89.8 Å². The molecule has 2 aliphatic heterocycles. The first-order valence-electron chi connectivity index (χ1n) is 5.75. The van der Waals surface area contributed by atoms with Crippen LogP contribution in [0.25, 0.3) is 0 Å². The highest BCUT2D eigenvalue weighted by atomic mass is 16.2. The Morgan fingerprint density at radius 1 is 1.47 bits per heavy atom. The lowest BCUT2D eigenvalue weighted by Crippen LogP contribution is -2.46. The van der Waals surface area contributed by atoms with E-state index in [9.17, 15) is 4.79 Å². The van der Waals surface area contributed by atoms with Crippen LogP contribution in [0.3, 0.4) is 0 Å². The summed E-state index contributed by atoms with van der Waals surface area (Å²) >= 11 is 0. The normalized spacial score (nSPS) is 33.3. The number of amides is 1. The van der Waals surface area contributed by atoms with Crippen LogP contribution < -0.4 is 5.32 Å². The number of fused-ring (bicyclic) bond motifs is 2. The van der Waals surface area contributed by atoms with Gasteiger partial charge < -0.3 is 10.2 Å². The smallest absolute Gasteiger partial charge is 0.253 e. The van der Waals surface area contributed by atoms with E-state index < -0.39 is 0 Å². The monoisotopic (exact) mass is 204 g/mol. The molecule has 2 heterocycles. The van der Waals surface area contributed by atoms with Crippen molar-refractivity contribution < 1.29 is 4.79 Å². The summed E-state index contributed by atoms with van der Waals surface area (Å²) in [5.41, 5.74) is 0.897. The van der Waals surface area contributed by atoms with Crippen molar-refractivity contribution in [2.75, 3.05) is 13.1 Å². The van der Waals surface area contributed by atoms with Gasteiger partial charge in [0.15, 0.2) is 0 Å². The minimum atomic E-state index is 0.236. The minimum Gasteiger partial charge on any atom is -0.333 e. The number of piperazine rings is 1. The van der Waals surface area contributed by atoms with E-state index in [-0.39, 0.29) is 5.91 Å². The van der Waals surface area contributed by atoms with Crippen molar-refractivity contribution in [2.45, 2.75) is 31.3 Å². The van der Waals surface area contributed by atoms with Crippen molar-refractivity contribution in [3.8, 4) is 0 Å². The molecule has 15 heavy (non-hydrogen) atoms. The fourth-order valence-corrected chi connectivity index (χ4v) is 2.75. The van der Waals surface area contributed by atoms with Crippen molar-refractivity contribution in [1.82, 2.24) is 10.2 Å². The fourth-order valence-electron chi connectivity index (χ4n) is 2.75. The standard InChI is InChI=1S/C12H16N2O/c15-12(9-4-2-1-3-5-9)14-8-10-6-11(14)7-13-10/h2,4-5,10-11,13H,1,3,6-8H2/t10-,11-/m0/s1. The van der Waals surface area contributed by atoms with Crippen molar-refractivity contribution in [1.29, 1.82) is 0 Å². The SMILES string of the molecule is O=C(C1=CCCC=C1)N1C[C@@H]2C[C@H]1CN2. The van der Waals surface area contributed by atoms with Gasteiger partial charge in [-0.25, -0.2) is 0 Å². The number of nitrogens with zero attached hydrogens (tertiary/aromatic N) is 1. The lowest BCUT2D eigenvalue weighted by atomic mass is 10.1. The molecule has 1 aliphatic carbocycles. The summed E-state index contributed by atoms with van der Waals surface area (Å²) in [6, 6.07) is 0.992. The first-order chi connectivity index (χ1) is 7.34. The highest BCUT2D eigenvalue weighted by molar-refractivity contribution is 5.96. The molecule has 3 heteroatoms. The molecule has 0 aromatic carbocycles. The van der Waals surface area contributed by atoms with E-state index in [1.807, 2.05) is 11.0 Å². The molecule has 2 fully saturated rings. The predicted molar refractivity (Wildman–Crippen MR) is 58.4 cm³/mol. The van der Waals surface area contributed by atoms with Gasteiger partial charge in [-0.15, -0.1) is 0 Å². The van der Waals surface area contributed by atoms with Gasteiger partial charge in [0.25, 0.3) is 5.91 Å². The van der Waals surface area contributed by atoms with Crippen LogP contribution in [0.15, 0.2) is 23.8 Å². The Bertz CT molecular complexity index is 346. The molecule has 3 rings (SSSR count). The van der Waals surface area contributed by atoms with E-state index in [1.54, 1.807) is 0 Å². The molecular formula is C12H16N2O. The van der Waals surface area contributed by atoms with Gasteiger partial charge >= 0.3 is 0 Å². The van der Waals surface area contributed by atoms with Gasteiger partial charge in [-0.1, -0.05) is 18.2 Å². The van der Waals surface area contributed by atoms with E-state index in [0.717, 1.165) is 37.9 Å². The third-order valence-electron chi connectivity index (χ3n) is 3.56. The lowest BCUT2D eigenvalue weighted by molar-refractivity contribution is -0.128. The van der Waals surface area contributed by atoms with Crippen molar-refractivity contribution in [2.24, 2.45) is 0 Å². The van der Waals surface area contributed by atoms with E-state index in [4.69, 9.17) is 0 Å². The Kier molecular flexibility index (Phi) is 2.13. The Balaban J connectivity index is 1.75. The second kappa shape index (κ2) is 3.49. The molecule has 1 N–H and O–H groups in total. The first kappa shape index (κ1) is 9.16. The fraction of sp³-hybridized carbons (Fsp3) is 0.583. The third kappa shape index (κ3) is 1.51. The minimum absolute atomic E-state index is 0.236. The largest absolute Gasteiger partial charge is 0.333 e. The highest BCUT2D eigenvalue weighted by Gasteiger charge is 2.40. The highest BCUT2D eigenvalue weighted by Crippen LogP contribution is 2.25. The van der Waals surface area contributed by atoms with Gasteiger partial charge in [0.1, 0.15) is 0 Å². The molecule has 80 valence electrons. The second-order valence-electron chi connectivity index (χ2n) is 4.59. The summed E-state index contributed by atoms with van der Waals surface area (Å²) in [5, 5.41) is 3.41. The molecule has 2 bridgehead atoms. The van der Waals surface area contributed by atoms with E-state index in [1.165, 1.54) is 0 Å². The van der Waals surface area contributed by atoms with Crippen molar-refractivity contribution >= 4 is 5.91 Å². The number of likely N-dealkylation sites (tertiary alicyclic amines) is 1.